The van der Waals surface area contributed by atoms with Gasteiger partial charge in [-0.1, -0.05) is 12.1 Å². The van der Waals surface area contributed by atoms with Gasteiger partial charge in [-0.05, 0) is 32.4 Å². The molecule has 3 N–H and O–H groups in total. The lowest BCUT2D eigenvalue weighted by atomic mass is 10.2. The zero-order chi connectivity index (χ0) is 15.2. The highest BCUT2D eigenvalue weighted by Crippen LogP contribution is 2.20. The van der Waals surface area contributed by atoms with Crippen LogP contribution < -0.4 is 10.6 Å². The lowest BCUT2D eigenvalue weighted by molar-refractivity contribution is 0.249. The Morgan fingerprint density at radius 1 is 1.33 bits per heavy atom. The average molecular weight is 289 g/mol. The number of amides is 2. The molecule has 0 radical (unpaired) electrons. The quantitative estimate of drug-likeness (QED) is 0.725. The predicted octanol–water partition coefficient (Wildman–Crippen LogP) is 1.39. The van der Waals surface area contributed by atoms with Crippen molar-refractivity contribution in [3.8, 4) is 5.69 Å². The van der Waals surface area contributed by atoms with E-state index in [0.717, 1.165) is 11.5 Å². The molecule has 1 aromatic carbocycles. The van der Waals surface area contributed by atoms with Crippen molar-refractivity contribution in [2.45, 2.75) is 20.3 Å². The van der Waals surface area contributed by atoms with Crippen molar-refractivity contribution < 1.29 is 9.90 Å². The van der Waals surface area contributed by atoms with Gasteiger partial charge >= 0.3 is 6.03 Å². The molecular weight excluding hydrogens is 270 g/mol. The van der Waals surface area contributed by atoms with E-state index in [0.29, 0.717) is 24.5 Å². The van der Waals surface area contributed by atoms with Crippen molar-refractivity contribution in [1.29, 1.82) is 0 Å². The van der Waals surface area contributed by atoms with E-state index in [1.54, 1.807) is 10.7 Å². The molecule has 2 rings (SSSR count). The van der Waals surface area contributed by atoms with Crippen LogP contribution in [0.5, 0.6) is 0 Å². The largest absolute Gasteiger partial charge is 0.396 e. The van der Waals surface area contributed by atoms with Gasteiger partial charge in [-0.2, -0.15) is 5.10 Å². The van der Waals surface area contributed by atoms with Crippen molar-refractivity contribution in [1.82, 2.24) is 20.1 Å². The molecule has 2 amide bonds. The molecule has 0 saturated heterocycles. The number of aliphatic hydroxyl groups is 1. The normalized spacial score (nSPS) is 10.4. The van der Waals surface area contributed by atoms with Gasteiger partial charge in [0.25, 0.3) is 0 Å². The topological polar surface area (TPSA) is 92.1 Å². The van der Waals surface area contributed by atoms with Crippen LogP contribution in [-0.4, -0.2) is 39.1 Å². The fourth-order valence-electron chi connectivity index (χ4n) is 1.96. The van der Waals surface area contributed by atoms with Crippen molar-refractivity contribution in [2.75, 3.05) is 18.5 Å². The first-order valence-corrected chi connectivity index (χ1v) is 6.77. The summed E-state index contributed by atoms with van der Waals surface area (Å²) in [5.74, 6) is 1.43. The third kappa shape index (κ3) is 3.79. The number of urea groups is 1. The molecule has 7 heteroatoms. The number of carbonyl (C=O) groups is 1. The van der Waals surface area contributed by atoms with E-state index in [4.69, 9.17) is 5.11 Å². The standard InChI is InChI=1S/C14H19N5O2/c1-10-16-11(2)19(18-10)13-7-4-3-6-12(13)17-14(21)15-8-5-9-20/h3-4,6-7,20H,5,8-9H2,1-2H3,(H2,15,17,21). The maximum Gasteiger partial charge on any atom is 0.319 e. The third-order valence-corrected chi connectivity index (χ3v) is 2.88. The molecule has 1 aromatic heterocycles. The number of nitrogens with zero attached hydrogens (tertiary/aromatic N) is 3. The van der Waals surface area contributed by atoms with E-state index < -0.39 is 0 Å². The first kappa shape index (κ1) is 15.0. The van der Waals surface area contributed by atoms with Gasteiger partial charge in [0, 0.05) is 13.2 Å². The van der Waals surface area contributed by atoms with E-state index in [1.165, 1.54) is 0 Å². The van der Waals surface area contributed by atoms with E-state index in [1.807, 2.05) is 32.0 Å². The fourth-order valence-corrected chi connectivity index (χ4v) is 1.96. The Morgan fingerprint density at radius 3 is 2.76 bits per heavy atom. The van der Waals surface area contributed by atoms with Crippen molar-refractivity contribution in [3.63, 3.8) is 0 Å². The lowest BCUT2D eigenvalue weighted by Crippen LogP contribution is -2.30. The number of rotatable bonds is 5. The van der Waals surface area contributed by atoms with Gasteiger partial charge < -0.3 is 15.7 Å². The van der Waals surface area contributed by atoms with Gasteiger partial charge in [0.15, 0.2) is 0 Å². The number of nitrogens with one attached hydrogen (secondary N) is 2. The van der Waals surface area contributed by atoms with Crippen molar-refractivity contribution >= 4 is 11.7 Å². The summed E-state index contributed by atoms with van der Waals surface area (Å²) in [5.41, 5.74) is 1.40. The molecule has 112 valence electrons. The number of carbonyl (C=O) groups excluding carboxylic acids is 1. The number of hydrogen-bond donors (Lipinski definition) is 3. The van der Waals surface area contributed by atoms with E-state index >= 15 is 0 Å². The molecule has 0 atom stereocenters. The number of hydrogen-bond acceptors (Lipinski definition) is 4. The first-order valence-electron chi connectivity index (χ1n) is 6.77. The molecule has 21 heavy (non-hydrogen) atoms. The van der Waals surface area contributed by atoms with Gasteiger partial charge in [0.05, 0.1) is 11.4 Å². The molecule has 0 aliphatic heterocycles. The van der Waals surface area contributed by atoms with E-state index in [-0.39, 0.29) is 12.6 Å². The Morgan fingerprint density at radius 2 is 2.10 bits per heavy atom. The summed E-state index contributed by atoms with van der Waals surface area (Å²) in [4.78, 5) is 16.1. The van der Waals surface area contributed by atoms with Crippen molar-refractivity contribution in [3.05, 3.63) is 35.9 Å². The van der Waals surface area contributed by atoms with Crippen LogP contribution in [0.15, 0.2) is 24.3 Å². The Bertz CT molecular complexity index is 624. The molecule has 2 aromatic rings. The SMILES string of the molecule is Cc1nc(C)n(-c2ccccc2NC(=O)NCCCO)n1. The Hall–Kier alpha value is -2.41. The van der Waals surface area contributed by atoms with Gasteiger partial charge in [-0.15, -0.1) is 0 Å². The average Bonchev–Trinajstić information content (AvgIpc) is 2.78. The summed E-state index contributed by atoms with van der Waals surface area (Å²) in [6, 6.07) is 7.07. The third-order valence-electron chi connectivity index (χ3n) is 2.88. The first-order chi connectivity index (χ1) is 10.1. The molecule has 0 unspecified atom stereocenters. The predicted molar refractivity (Wildman–Crippen MR) is 79.6 cm³/mol. The van der Waals surface area contributed by atoms with Gasteiger partial charge in [0.2, 0.25) is 0 Å². The molecule has 0 spiro atoms. The van der Waals surface area contributed by atoms with Gasteiger partial charge in [-0.25, -0.2) is 14.5 Å². The number of aliphatic hydroxyl groups excluding tert-OH is 1. The second kappa shape index (κ2) is 6.85. The molecule has 1 heterocycles. The highest BCUT2D eigenvalue weighted by Gasteiger charge is 2.11. The van der Waals surface area contributed by atoms with Crippen LogP contribution in [-0.2, 0) is 0 Å². The van der Waals surface area contributed by atoms with Crippen LogP contribution in [0.2, 0.25) is 0 Å². The summed E-state index contributed by atoms with van der Waals surface area (Å²) in [5, 5.41) is 18.5. The minimum Gasteiger partial charge on any atom is -0.396 e. The highest BCUT2D eigenvalue weighted by molar-refractivity contribution is 5.91. The van der Waals surface area contributed by atoms with E-state index in [2.05, 4.69) is 20.7 Å². The van der Waals surface area contributed by atoms with Gasteiger partial charge in [-0.3, -0.25) is 0 Å². The molecular formula is C14H19N5O2. The number of aryl methyl sites for hydroxylation is 2. The summed E-state index contributed by atoms with van der Waals surface area (Å²) >= 11 is 0. The summed E-state index contributed by atoms with van der Waals surface area (Å²) in [7, 11) is 0. The zero-order valence-corrected chi connectivity index (χ0v) is 12.1. The Kier molecular flexibility index (Phi) is 4.89. The lowest BCUT2D eigenvalue weighted by Gasteiger charge is -2.12. The summed E-state index contributed by atoms with van der Waals surface area (Å²) < 4.78 is 1.69. The van der Waals surface area contributed by atoms with Gasteiger partial charge in [0.1, 0.15) is 11.6 Å². The maximum absolute atomic E-state index is 11.8. The summed E-state index contributed by atoms with van der Waals surface area (Å²) in [6.07, 6.45) is 0.524. The summed E-state index contributed by atoms with van der Waals surface area (Å²) in [6.45, 7) is 4.15. The smallest absolute Gasteiger partial charge is 0.319 e. The molecule has 0 bridgehead atoms. The maximum atomic E-state index is 11.8. The van der Waals surface area contributed by atoms with Crippen LogP contribution >= 0.6 is 0 Å². The molecule has 0 aliphatic carbocycles. The fraction of sp³-hybridized carbons (Fsp3) is 0.357. The minimum atomic E-state index is -0.314. The minimum absolute atomic E-state index is 0.0499. The number of anilines is 1. The van der Waals surface area contributed by atoms with Crippen LogP contribution in [0.25, 0.3) is 5.69 Å². The molecule has 0 saturated carbocycles. The highest BCUT2D eigenvalue weighted by atomic mass is 16.3. The second-order valence-corrected chi connectivity index (χ2v) is 4.59. The Balaban J connectivity index is 2.18. The molecule has 0 fully saturated rings. The van der Waals surface area contributed by atoms with Crippen LogP contribution in [0.4, 0.5) is 10.5 Å². The molecule has 0 aliphatic rings. The Labute approximate surface area is 123 Å². The van der Waals surface area contributed by atoms with E-state index in [9.17, 15) is 4.79 Å². The van der Waals surface area contributed by atoms with Crippen LogP contribution in [0, 0.1) is 13.8 Å². The zero-order valence-electron chi connectivity index (χ0n) is 12.1. The number of para-hydroxylation sites is 2. The number of aromatic nitrogens is 3. The van der Waals surface area contributed by atoms with Crippen LogP contribution in [0.1, 0.15) is 18.1 Å². The second-order valence-electron chi connectivity index (χ2n) is 4.59. The van der Waals surface area contributed by atoms with Crippen molar-refractivity contribution in [2.24, 2.45) is 0 Å². The molecule has 7 nitrogen and oxygen atoms in total. The monoisotopic (exact) mass is 289 g/mol. The van der Waals surface area contributed by atoms with Crippen LogP contribution in [0.3, 0.4) is 0 Å². The number of benzene rings is 1.